The van der Waals surface area contributed by atoms with Gasteiger partial charge in [-0.2, -0.15) is 0 Å². The first-order valence-electron chi connectivity index (χ1n) is 6.41. The minimum Gasteiger partial charge on any atom is -0.461 e. The van der Waals surface area contributed by atoms with E-state index < -0.39 is 17.3 Å². The van der Waals surface area contributed by atoms with Crippen LogP contribution in [-0.4, -0.2) is 24.1 Å². The van der Waals surface area contributed by atoms with Crippen LogP contribution in [0.2, 0.25) is 0 Å². The molecular weight excluding hydrogens is 232 g/mol. The van der Waals surface area contributed by atoms with E-state index in [9.17, 15) is 14.4 Å². The van der Waals surface area contributed by atoms with Gasteiger partial charge < -0.3 is 9.53 Å². The molecule has 2 aliphatic rings. The number of carbonyl (C=O) groups is 3. The van der Waals surface area contributed by atoms with Crippen molar-refractivity contribution in [3.05, 3.63) is 0 Å². The Morgan fingerprint density at radius 1 is 1.39 bits per heavy atom. The quantitative estimate of drug-likeness (QED) is 0.427. The summed E-state index contributed by atoms with van der Waals surface area (Å²) in [6, 6.07) is 0. The van der Waals surface area contributed by atoms with Crippen LogP contribution < -0.4 is 0 Å². The Balaban J connectivity index is 2.52. The minimum absolute atomic E-state index is 0.199. The predicted octanol–water partition coefficient (Wildman–Crippen LogP) is 1.76. The molecular formula is C14H20O4. The highest BCUT2D eigenvalue weighted by molar-refractivity contribution is 6.00. The van der Waals surface area contributed by atoms with Crippen molar-refractivity contribution in [3.63, 3.8) is 0 Å². The maximum absolute atomic E-state index is 11.9. The first-order valence-corrected chi connectivity index (χ1v) is 6.41. The van der Waals surface area contributed by atoms with Gasteiger partial charge in [-0.25, -0.2) is 0 Å². The molecule has 0 N–H and O–H groups in total. The summed E-state index contributed by atoms with van der Waals surface area (Å²) >= 11 is 0. The van der Waals surface area contributed by atoms with Gasteiger partial charge in [0.05, 0.1) is 0 Å². The zero-order valence-electron chi connectivity index (χ0n) is 11.4. The normalized spacial score (nSPS) is 42.0. The van der Waals surface area contributed by atoms with E-state index in [2.05, 4.69) is 0 Å². The molecule has 0 amide bonds. The minimum atomic E-state index is -0.794. The molecule has 0 bridgehead atoms. The summed E-state index contributed by atoms with van der Waals surface area (Å²) in [5.74, 6) is -1.78. The predicted molar refractivity (Wildman–Crippen MR) is 64.7 cm³/mol. The number of ketones is 1. The fraction of sp³-hybridized carbons (Fsp3) is 0.786. The lowest BCUT2D eigenvalue weighted by Gasteiger charge is -2.49. The number of Topliss-reactive ketones (excluding diaryl/α,β-unsaturated/α-hetero) is 1. The van der Waals surface area contributed by atoms with Crippen molar-refractivity contribution >= 4 is 18.0 Å². The van der Waals surface area contributed by atoms with Crippen LogP contribution in [0.25, 0.3) is 0 Å². The number of rotatable bonds is 2. The first-order chi connectivity index (χ1) is 8.25. The molecule has 2 fully saturated rings. The van der Waals surface area contributed by atoms with Crippen molar-refractivity contribution in [2.75, 3.05) is 0 Å². The van der Waals surface area contributed by atoms with Gasteiger partial charge in [0.25, 0.3) is 0 Å². The molecule has 0 aromatic heterocycles. The molecule has 4 heteroatoms. The number of aldehydes is 1. The molecule has 4 atom stereocenters. The standard InChI is InChI=1S/C14H20O4/c1-8(16)11-12(17)18-10-5-6-13(2,3)9(7-15)14(10,11)4/h7,9-11H,5-6H2,1-4H3/t9-,10-,11?,14+/m0/s1. The van der Waals surface area contributed by atoms with Gasteiger partial charge in [0.2, 0.25) is 0 Å². The highest BCUT2D eigenvalue weighted by Crippen LogP contribution is 2.58. The zero-order chi connectivity index (χ0) is 13.7. The molecule has 0 spiro atoms. The van der Waals surface area contributed by atoms with Crippen molar-refractivity contribution < 1.29 is 19.1 Å². The van der Waals surface area contributed by atoms with E-state index in [-0.39, 0.29) is 23.2 Å². The largest absolute Gasteiger partial charge is 0.461 e. The number of hydrogen-bond donors (Lipinski definition) is 0. The van der Waals surface area contributed by atoms with E-state index >= 15 is 0 Å². The van der Waals surface area contributed by atoms with E-state index in [1.807, 2.05) is 20.8 Å². The van der Waals surface area contributed by atoms with Crippen LogP contribution in [0, 0.1) is 22.7 Å². The van der Waals surface area contributed by atoms with Gasteiger partial charge in [-0.1, -0.05) is 20.8 Å². The van der Waals surface area contributed by atoms with Gasteiger partial charge in [0.15, 0.2) is 0 Å². The van der Waals surface area contributed by atoms with E-state index in [0.29, 0.717) is 0 Å². The average molecular weight is 252 g/mol. The third-order valence-corrected chi connectivity index (χ3v) is 4.92. The number of carbonyl (C=O) groups excluding carboxylic acids is 3. The van der Waals surface area contributed by atoms with Crippen LogP contribution in [0.1, 0.15) is 40.5 Å². The van der Waals surface area contributed by atoms with Gasteiger partial charge in [-0.05, 0) is 25.2 Å². The lowest BCUT2D eigenvalue weighted by molar-refractivity contribution is -0.147. The Hall–Kier alpha value is -1.19. The fourth-order valence-electron chi connectivity index (χ4n) is 3.96. The van der Waals surface area contributed by atoms with Crippen LogP contribution in [0.15, 0.2) is 0 Å². The summed E-state index contributed by atoms with van der Waals surface area (Å²) < 4.78 is 5.35. The monoisotopic (exact) mass is 252 g/mol. The topological polar surface area (TPSA) is 60.4 Å². The Morgan fingerprint density at radius 3 is 2.50 bits per heavy atom. The molecule has 1 saturated carbocycles. The van der Waals surface area contributed by atoms with Gasteiger partial charge in [0, 0.05) is 11.3 Å². The summed E-state index contributed by atoms with van der Waals surface area (Å²) in [4.78, 5) is 35.2. The van der Waals surface area contributed by atoms with Gasteiger partial charge in [0.1, 0.15) is 24.1 Å². The highest BCUT2D eigenvalue weighted by atomic mass is 16.6. The van der Waals surface area contributed by atoms with Crippen LogP contribution in [0.5, 0.6) is 0 Å². The Kier molecular flexibility index (Phi) is 2.87. The number of fused-ring (bicyclic) bond motifs is 1. The second kappa shape index (κ2) is 3.90. The average Bonchev–Trinajstić information content (AvgIpc) is 2.47. The lowest BCUT2D eigenvalue weighted by atomic mass is 9.52. The van der Waals surface area contributed by atoms with Crippen LogP contribution in [0.4, 0.5) is 0 Å². The summed E-state index contributed by atoms with van der Waals surface area (Å²) in [5, 5.41) is 0. The van der Waals surface area contributed by atoms with Crippen LogP contribution in [0.3, 0.4) is 0 Å². The van der Waals surface area contributed by atoms with Crippen LogP contribution in [-0.2, 0) is 19.1 Å². The molecule has 100 valence electrons. The van der Waals surface area contributed by atoms with Crippen molar-refractivity contribution in [2.45, 2.75) is 46.6 Å². The second-order valence-electron chi connectivity index (χ2n) is 6.48. The molecule has 1 aliphatic heterocycles. The van der Waals surface area contributed by atoms with Crippen molar-refractivity contribution in [1.29, 1.82) is 0 Å². The Morgan fingerprint density at radius 2 is 2.00 bits per heavy atom. The van der Waals surface area contributed by atoms with Gasteiger partial charge >= 0.3 is 5.97 Å². The maximum atomic E-state index is 11.9. The second-order valence-corrected chi connectivity index (χ2v) is 6.48. The van der Waals surface area contributed by atoms with E-state index in [1.54, 1.807) is 0 Å². The lowest BCUT2D eigenvalue weighted by Crippen LogP contribution is -2.53. The maximum Gasteiger partial charge on any atom is 0.317 e. The van der Waals surface area contributed by atoms with Crippen LogP contribution >= 0.6 is 0 Å². The fourth-order valence-corrected chi connectivity index (χ4v) is 3.96. The van der Waals surface area contributed by atoms with E-state index in [1.165, 1.54) is 6.92 Å². The van der Waals surface area contributed by atoms with E-state index in [4.69, 9.17) is 4.74 Å². The third kappa shape index (κ3) is 1.54. The molecule has 0 aromatic carbocycles. The molecule has 1 aliphatic carbocycles. The summed E-state index contributed by atoms with van der Waals surface area (Å²) in [6.45, 7) is 7.30. The first kappa shape index (κ1) is 13.2. The molecule has 4 nitrogen and oxygen atoms in total. The Bertz CT molecular complexity index is 412. The van der Waals surface area contributed by atoms with Gasteiger partial charge in [-0.15, -0.1) is 0 Å². The number of hydrogen-bond acceptors (Lipinski definition) is 4. The number of esters is 1. The Labute approximate surface area is 107 Å². The SMILES string of the molecule is CC(=O)C1C(=O)O[C@H]2CCC(C)(C)[C@H](C=O)[C@@]12C. The molecule has 0 radical (unpaired) electrons. The molecule has 2 rings (SSSR count). The van der Waals surface area contributed by atoms with E-state index in [0.717, 1.165) is 19.1 Å². The third-order valence-electron chi connectivity index (χ3n) is 4.92. The van der Waals surface area contributed by atoms with Crippen molar-refractivity contribution in [1.82, 2.24) is 0 Å². The molecule has 1 heterocycles. The summed E-state index contributed by atoms with van der Waals surface area (Å²) in [5.41, 5.74) is -0.888. The van der Waals surface area contributed by atoms with Crippen molar-refractivity contribution in [2.24, 2.45) is 22.7 Å². The molecule has 0 aromatic rings. The molecule has 1 saturated heterocycles. The zero-order valence-corrected chi connectivity index (χ0v) is 11.4. The molecule has 1 unspecified atom stereocenters. The summed E-state index contributed by atoms with van der Waals surface area (Å²) in [6.07, 6.45) is 2.16. The van der Waals surface area contributed by atoms with Gasteiger partial charge in [-0.3, -0.25) is 9.59 Å². The van der Waals surface area contributed by atoms with Crippen molar-refractivity contribution in [3.8, 4) is 0 Å². The number of ether oxygens (including phenoxy) is 1. The molecule has 18 heavy (non-hydrogen) atoms. The smallest absolute Gasteiger partial charge is 0.317 e. The summed E-state index contributed by atoms with van der Waals surface area (Å²) in [7, 11) is 0. The highest BCUT2D eigenvalue weighted by Gasteiger charge is 2.64.